The Balaban J connectivity index is 1.62. The van der Waals surface area contributed by atoms with E-state index in [1.165, 1.54) is 6.07 Å². The summed E-state index contributed by atoms with van der Waals surface area (Å²) in [6.45, 7) is 2.39. The molecule has 0 radical (unpaired) electrons. The van der Waals surface area contributed by atoms with Gasteiger partial charge in [0.05, 0.1) is 19.6 Å². The van der Waals surface area contributed by atoms with E-state index in [0.29, 0.717) is 18.4 Å². The van der Waals surface area contributed by atoms with Crippen LogP contribution in [0.1, 0.15) is 17.2 Å². The molecule has 0 spiro atoms. The first-order valence-electron chi connectivity index (χ1n) is 9.02. The van der Waals surface area contributed by atoms with Gasteiger partial charge in [0, 0.05) is 37.2 Å². The number of carbonyl (C=O) groups excluding carboxylic acids is 1. The molecule has 3 atom stereocenters. The van der Waals surface area contributed by atoms with Crippen molar-refractivity contribution in [2.45, 2.75) is 12.5 Å². The Morgan fingerprint density at radius 2 is 1.96 bits per heavy atom. The first-order chi connectivity index (χ1) is 13.1. The number of methoxy groups -OCH3 is 1. The maximum Gasteiger partial charge on any atom is 0.266 e. The van der Waals surface area contributed by atoms with Gasteiger partial charge in [-0.1, -0.05) is 12.1 Å². The van der Waals surface area contributed by atoms with Crippen molar-refractivity contribution in [2.75, 3.05) is 26.7 Å². The zero-order valence-electron chi connectivity index (χ0n) is 15.0. The number of ether oxygens (including phenoxy) is 1. The summed E-state index contributed by atoms with van der Waals surface area (Å²) in [5, 5.41) is 7.90. The Morgan fingerprint density at radius 1 is 1.19 bits per heavy atom. The van der Waals surface area contributed by atoms with Crippen molar-refractivity contribution in [1.29, 1.82) is 0 Å². The number of amides is 1. The summed E-state index contributed by atoms with van der Waals surface area (Å²) in [6, 6.07) is 8.92. The molecule has 2 saturated heterocycles. The van der Waals surface area contributed by atoms with Crippen LogP contribution in [0, 0.1) is 11.8 Å². The molecule has 3 heterocycles. The molecule has 2 aromatic rings. The third-order valence-electron chi connectivity index (χ3n) is 5.58. The number of aromatic nitrogens is 2. The summed E-state index contributed by atoms with van der Waals surface area (Å²) >= 11 is 0. The average Bonchev–Trinajstić information content (AvgIpc) is 3.26. The van der Waals surface area contributed by atoms with Gasteiger partial charge < -0.3 is 15.0 Å². The third-order valence-corrected chi connectivity index (χ3v) is 5.58. The number of benzene rings is 1. The number of aromatic amines is 2. The van der Waals surface area contributed by atoms with E-state index in [2.05, 4.69) is 15.5 Å². The predicted octanol–water partition coefficient (Wildman–Crippen LogP) is 0.0334. The topological polar surface area (TPSA) is 107 Å². The summed E-state index contributed by atoms with van der Waals surface area (Å²) in [5.74, 6) is 1.35. The van der Waals surface area contributed by atoms with Crippen LogP contribution in [0.3, 0.4) is 0 Å². The maximum atomic E-state index is 13.0. The van der Waals surface area contributed by atoms with E-state index in [9.17, 15) is 14.4 Å². The molecule has 2 fully saturated rings. The van der Waals surface area contributed by atoms with Gasteiger partial charge in [-0.2, -0.15) is 0 Å². The number of rotatable bonds is 4. The van der Waals surface area contributed by atoms with Gasteiger partial charge in [0.2, 0.25) is 5.91 Å². The fourth-order valence-electron chi connectivity index (χ4n) is 4.26. The molecule has 0 aliphatic carbocycles. The van der Waals surface area contributed by atoms with E-state index in [1.807, 2.05) is 29.2 Å². The number of hydrogen-bond acceptors (Lipinski definition) is 5. The van der Waals surface area contributed by atoms with Crippen molar-refractivity contribution < 1.29 is 9.53 Å². The van der Waals surface area contributed by atoms with E-state index in [4.69, 9.17) is 4.74 Å². The molecule has 1 aromatic heterocycles. The quantitative estimate of drug-likeness (QED) is 0.704. The normalized spacial score (nSPS) is 24.0. The molecule has 8 nitrogen and oxygen atoms in total. The summed E-state index contributed by atoms with van der Waals surface area (Å²) in [5.41, 5.74) is 0.379. The number of nitrogens with one attached hydrogen (secondary N) is 3. The SMILES string of the molecule is COc1ccc([C@@H]2[C@H]3CNC[C@H]3CN2C(=O)Cc2cc(=O)[nH][nH]c2=O)cc1. The Bertz CT molecular complexity index is 949. The second-order valence-corrected chi connectivity index (χ2v) is 7.14. The Labute approximate surface area is 155 Å². The number of nitrogens with zero attached hydrogens (tertiary/aromatic N) is 1. The van der Waals surface area contributed by atoms with Crippen LogP contribution in [0.4, 0.5) is 0 Å². The molecule has 0 unspecified atom stereocenters. The van der Waals surface area contributed by atoms with E-state index in [1.54, 1.807) is 7.11 Å². The number of likely N-dealkylation sites (tertiary alicyclic amines) is 1. The second-order valence-electron chi connectivity index (χ2n) is 7.14. The van der Waals surface area contributed by atoms with Crippen LogP contribution in [0.25, 0.3) is 0 Å². The van der Waals surface area contributed by atoms with Crippen LogP contribution in [-0.4, -0.2) is 47.7 Å². The lowest BCUT2D eigenvalue weighted by Gasteiger charge is -2.28. The minimum absolute atomic E-state index is 0.0514. The summed E-state index contributed by atoms with van der Waals surface area (Å²) in [7, 11) is 1.62. The molecule has 2 aliphatic rings. The molecule has 142 valence electrons. The van der Waals surface area contributed by atoms with E-state index < -0.39 is 11.1 Å². The molecule has 4 rings (SSSR count). The van der Waals surface area contributed by atoms with Crippen LogP contribution >= 0.6 is 0 Å². The highest BCUT2D eigenvalue weighted by Gasteiger charge is 2.46. The van der Waals surface area contributed by atoms with Crippen molar-refractivity contribution >= 4 is 5.91 Å². The monoisotopic (exact) mass is 370 g/mol. The van der Waals surface area contributed by atoms with Crippen LogP contribution in [0.5, 0.6) is 5.75 Å². The van der Waals surface area contributed by atoms with Gasteiger partial charge in [0.1, 0.15) is 5.75 Å². The zero-order valence-corrected chi connectivity index (χ0v) is 15.0. The van der Waals surface area contributed by atoms with Gasteiger partial charge in [-0.3, -0.25) is 24.6 Å². The Morgan fingerprint density at radius 3 is 2.70 bits per heavy atom. The van der Waals surface area contributed by atoms with Gasteiger partial charge >= 0.3 is 0 Å². The van der Waals surface area contributed by atoms with E-state index in [-0.39, 0.29) is 23.9 Å². The smallest absolute Gasteiger partial charge is 0.266 e. The van der Waals surface area contributed by atoms with Crippen molar-refractivity contribution in [3.8, 4) is 5.75 Å². The lowest BCUT2D eigenvalue weighted by Crippen LogP contribution is -2.37. The van der Waals surface area contributed by atoms with Gasteiger partial charge in [-0.15, -0.1) is 0 Å². The molecule has 0 saturated carbocycles. The van der Waals surface area contributed by atoms with Crippen LogP contribution < -0.4 is 21.2 Å². The number of fused-ring (bicyclic) bond motifs is 1. The summed E-state index contributed by atoms with van der Waals surface area (Å²) in [4.78, 5) is 38.3. The summed E-state index contributed by atoms with van der Waals surface area (Å²) in [6.07, 6.45) is -0.0845. The Hall–Kier alpha value is -2.87. The number of carbonyl (C=O) groups is 1. The van der Waals surface area contributed by atoms with Crippen LogP contribution in [0.15, 0.2) is 39.9 Å². The molecule has 8 heteroatoms. The van der Waals surface area contributed by atoms with Gasteiger partial charge in [-0.25, -0.2) is 0 Å². The van der Waals surface area contributed by atoms with Crippen LogP contribution in [0.2, 0.25) is 0 Å². The first-order valence-corrected chi connectivity index (χ1v) is 9.02. The molecule has 27 heavy (non-hydrogen) atoms. The van der Waals surface area contributed by atoms with Gasteiger partial charge in [-0.05, 0) is 23.6 Å². The largest absolute Gasteiger partial charge is 0.497 e. The van der Waals surface area contributed by atoms with Crippen molar-refractivity contribution in [1.82, 2.24) is 20.4 Å². The lowest BCUT2D eigenvalue weighted by molar-refractivity contribution is -0.131. The Kier molecular flexibility index (Phi) is 4.57. The minimum Gasteiger partial charge on any atom is -0.497 e. The fraction of sp³-hybridized carbons (Fsp3) is 0.421. The number of H-pyrrole nitrogens is 2. The first kappa shape index (κ1) is 17.5. The maximum absolute atomic E-state index is 13.0. The molecule has 1 amide bonds. The standard InChI is InChI=1S/C19H22N4O4/c1-27-14-4-2-11(3-5-14)18-15-9-20-8-13(15)10-23(18)17(25)7-12-6-16(24)21-22-19(12)26/h2-6,13,15,18,20H,7-10H2,1H3,(H,21,24)(H,22,26)/t13-,15-,18+/m0/s1. The molecule has 1 aromatic carbocycles. The summed E-state index contributed by atoms with van der Waals surface area (Å²) < 4.78 is 5.23. The number of hydrogen-bond donors (Lipinski definition) is 3. The lowest BCUT2D eigenvalue weighted by atomic mass is 9.89. The van der Waals surface area contributed by atoms with Crippen molar-refractivity contribution in [3.63, 3.8) is 0 Å². The highest BCUT2D eigenvalue weighted by molar-refractivity contribution is 5.79. The van der Waals surface area contributed by atoms with Crippen molar-refractivity contribution in [3.05, 3.63) is 62.2 Å². The highest BCUT2D eigenvalue weighted by atomic mass is 16.5. The predicted molar refractivity (Wildman–Crippen MR) is 98.7 cm³/mol. The second kappa shape index (κ2) is 7.03. The fourth-order valence-corrected chi connectivity index (χ4v) is 4.26. The average molecular weight is 370 g/mol. The third kappa shape index (κ3) is 3.28. The molecular weight excluding hydrogens is 348 g/mol. The molecular formula is C19H22N4O4. The van der Waals surface area contributed by atoms with Crippen molar-refractivity contribution in [2.24, 2.45) is 11.8 Å². The zero-order chi connectivity index (χ0) is 19.0. The van der Waals surface area contributed by atoms with Gasteiger partial charge in [0.15, 0.2) is 0 Å². The van der Waals surface area contributed by atoms with Gasteiger partial charge in [0.25, 0.3) is 11.1 Å². The van der Waals surface area contributed by atoms with E-state index >= 15 is 0 Å². The molecule has 2 aliphatic heterocycles. The highest BCUT2D eigenvalue weighted by Crippen LogP contribution is 2.43. The molecule has 3 N–H and O–H groups in total. The van der Waals surface area contributed by atoms with Crippen LogP contribution in [-0.2, 0) is 11.2 Å². The molecule has 0 bridgehead atoms. The van der Waals surface area contributed by atoms with E-state index in [0.717, 1.165) is 24.4 Å². The minimum atomic E-state index is -0.440.